The number of carbonyl (C=O) groups is 3. The van der Waals surface area contributed by atoms with Gasteiger partial charge in [-0.25, -0.2) is 21.9 Å². The number of amides is 3. The monoisotopic (exact) mass is 403 g/mol. The number of benzene rings is 1. The Morgan fingerprint density at radius 3 is 2.37 bits per heavy atom. The van der Waals surface area contributed by atoms with Crippen LogP contribution >= 0.6 is 0 Å². The first-order valence-corrected chi connectivity index (χ1v) is 9.46. The van der Waals surface area contributed by atoms with Gasteiger partial charge in [-0.15, -0.1) is 0 Å². The normalized spacial score (nSPS) is 12.3. The van der Waals surface area contributed by atoms with E-state index >= 15 is 0 Å². The van der Waals surface area contributed by atoms with E-state index in [4.69, 9.17) is 4.74 Å². The van der Waals surface area contributed by atoms with Crippen molar-refractivity contribution in [1.29, 1.82) is 0 Å². The first-order chi connectivity index (χ1) is 12.6. The largest absolute Gasteiger partial charge is 0.453 e. The van der Waals surface area contributed by atoms with E-state index in [2.05, 4.69) is 5.32 Å². The van der Waals surface area contributed by atoms with E-state index in [0.29, 0.717) is 0 Å². The number of nitrogens with zero attached hydrogens (tertiary/aromatic N) is 1. The third kappa shape index (κ3) is 6.94. The minimum Gasteiger partial charge on any atom is -0.453 e. The maximum Gasteiger partial charge on any atom is 0.321 e. The fourth-order valence-electron chi connectivity index (χ4n) is 1.94. The Morgan fingerprint density at radius 1 is 1.22 bits per heavy atom. The van der Waals surface area contributed by atoms with Gasteiger partial charge in [0, 0.05) is 27.1 Å². The van der Waals surface area contributed by atoms with Crippen LogP contribution in [0.4, 0.5) is 9.18 Å². The molecule has 0 aliphatic heterocycles. The molecule has 0 saturated heterocycles. The molecule has 0 aliphatic rings. The van der Waals surface area contributed by atoms with Gasteiger partial charge in [0.05, 0.1) is 4.90 Å². The summed E-state index contributed by atoms with van der Waals surface area (Å²) in [5.41, 5.74) is 0. The summed E-state index contributed by atoms with van der Waals surface area (Å²) in [7, 11) is -1.13. The van der Waals surface area contributed by atoms with Crippen molar-refractivity contribution in [3.63, 3.8) is 0 Å². The maximum atomic E-state index is 12.9. The third-order valence-corrected chi connectivity index (χ3v) is 5.39. The average Bonchev–Trinajstić information content (AvgIpc) is 2.61. The molecular weight excluding hydrogens is 381 g/mol. The Balaban J connectivity index is 2.47. The number of nitrogens with one attached hydrogen (secondary N) is 2. The van der Waals surface area contributed by atoms with Crippen molar-refractivity contribution in [2.75, 3.05) is 20.6 Å². The number of ether oxygens (including phenoxy) is 1. The molecule has 0 bridgehead atoms. The molecule has 0 fully saturated rings. The van der Waals surface area contributed by atoms with Gasteiger partial charge in [0.15, 0.2) is 6.10 Å². The van der Waals surface area contributed by atoms with Crippen molar-refractivity contribution in [2.45, 2.75) is 30.8 Å². The predicted octanol–water partition coefficient (Wildman–Crippen LogP) is 0.614. The Bertz CT molecular complexity index is 782. The molecule has 1 rings (SSSR count). The van der Waals surface area contributed by atoms with E-state index in [9.17, 15) is 27.2 Å². The van der Waals surface area contributed by atoms with Crippen LogP contribution in [0.5, 0.6) is 0 Å². The Hall–Kier alpha value is -2.53. The highest BCUT2D eigenvalue weighted by atomic mass is 32.2. The smallest absolute Gasteiger partial charge is 0.321 e. The van der Waals surface area contributed by atoms with Crippen molar-refractivity contribution in [1.82, 2.24) is 14.9 Å². The van der Waals surface area contributed by atoms with Crippen molar-refractivity contribution in [3.05, 3.63) is 30.1 Å². The molecule has 2 N–H and O–H groups in total. The van der Waals surface area contributed by atoms with Gasteiger partial charge in [-0.2, -0.15) is 0 Å². The lowest BCUT2D eigenvalue weighted by Gasteiger charge is -2.17. The van der Waals surface area contributed by atoms with Crippen molar-refractivity contribution in [2.24, 2.45) is 0 Å². The lowest BCUT2D eigenvalue weighted by Crippen LogP contribution is -2.43. The number of imide groups is 1. The second kappa shape index (κ2) is 9.97. The molecule has 1 atom stereocenters. The van der Waals surface area contributed by atoms with Gasteiger partial charge in [-0.1, -0.05) is 0 Å². The Morgan fingerprint density at radius 2 is 1.81 bits per heavy atom. The molecule has 0 heterocycles. The molecule has 0 aromatic heterocycles. The zero-order chi connectivity index (χ0) is 20.6. The van der Waals surface area contributed by atoms with Gasteiger partial charge < -0.3 is 10.1 Å². The standard InChI is InChI=1S/C16H22FN3O6S/c1-11(15(22)19-16(23)18-2)26-14(21)5-4-10-20(3)27(24,25)13-8-6-12(17)7-9-13/h6-9,11H,4-5,10H2,1-3H3,(H2,18,19,22,23). The molecule has 9 nitrogen and oxygen atoms in total. The minimum absolute atomic E-state index is 0.0215. The molecule has 150 valence electrons. The van der Waals surface area contributed by atoms with Crippen LogP contribution in [0.25, 0.3) is 0 Å². The average molecular weight is 403 g/mol. The first-order valence-electron chi connectivity index (χ1n) is 8.02. The number of urea groups is 1. The third-order valence-electron chi connectivity index (χ3n) is 3.52. The molecule has 3 amide bonds. The minimum atomic E-state index is -3.80. The highest BCUT2D eigenvalue weighted by Gasteiger charge is 2.22. The van der Waals surface area contributed by atoms with Gasteiger partial charge in [0.2, 0.25) is 10.0 Å². The van der Waals surface area contributed by atoms with E-state index in [-0.39, 0.29) is 24.3 Å². The number of halogens is 1. The fourth-order valence-corrected chi connectivity index (χ4v) is 3.15. The van der Waals surface area contributed by atoms with E-state index < -0.39 is 39.9 Å². The van der Waals surface area contributed by atoms with Gasteiger partial charge in [0.25, 0.3) is 5.91 Å². The second-order valence-corrected chi connectivity index (χ2v) is 7.63. The molecular formula is C16H22FN3O6S. The number of esters is 1. The molecule has 0 saturated carbocycles. The summed E-state index contributed by atoms with van der Waals surface area (Å²) in [6.07, 6.45) is -1.14. The van der Waals surface area contributed by atoms with Crippen LogP contribution in [0.1, 0.15) is 19.8 Å². The van der Waals surface area contributed by atoms with E-state index in [1.165, 1.54) is 21.0 Å². The van der Waals surface area contributed by atoms with Crippen LogP contribution in [-0.4, -0.2) is 57.4 Å². The molecule has 1 aromatic rings. The Labute approximate surface area is 156 Å². The van der Waals surface area contributed by atoms with Crippen LogP contribution in [0, 0.1) is 5.82 Å². The van der Waals surface area contributed by atoms with Crippen molar-refractivity contribution >= 4 is 27.9 Å². The zero-order valence-corrected chi connectivity index (χ0v) is 16.0. The summed E-state index contributed by atoms with van der Waals surface area (Å²) in [6, 6.07) is 3.67. The lowest BCUT2D eigenvalue weighted by molar-refractivity contribution is -0.154. The van der Waals surface area contributed by atoms with Crippen LogP contribution in [0.3, 0.4) is 0 Å². The Kier molecular flexibility index (Phi) is 8.32. The van der Waals surface area contributed by atoms with Gasteiger partial charge in [-0.05, 0) is 37.6 Å². The topological polar surface area (TPSA) is 122 Å². The van der Waals surface area contributed by atoms with E-state index in [1.807, 2.05) is 5.32 Å². The van der Waals surface area contributed by atoms with Crippen molar-refractivity contribution in [3.8, 4) is 0 Å². The summed E-state index contributed by atoms with van der Waals surface area (Å²) in [4.78, 5) is 34.3. The molecule has 11 heteroatoms. The first kappa shape index (κ1) is 22.5. The number of sulfonamides is 1. The van der Waals surface area contributed by atoms with E-state index in [0.717, 1.165) is 28.6 Å². The van der Waals surface area contributed by atoms with Gasteiger partial charge in [0.1, 0.15) is 5.82 Å². The summed E-state index contributed by atoms with van der Waals surface area (Å²) >= 11 is 0. The zero-order valence-electron chi connectivity index (χ0n) is 15.2. The number of carbonyl (C=O) groups excluding carboxylic acids is 3. The van der Waals surface area contributed by atoms with Crippen LogP contribution in [-0.2, 0) is 24.3 Å². The van der Waals surface area contributed by atoms with E-state index in [1.54, 1.807) is 0 Å². The fraction of sp³-hybridized carbons (Fsp3) is 0.438. The molecule has 0 aliphatic carbocycles. The van der Waals surface area contributed by atoms with Crippen molar-refractivity contribution < 1.29 is 31.9 Å². The summed E-state index contributed by atoms with van der Waals surface area (Å²) in [5, 5.41) is 4.16. The molecule has 27 heavy (non-hydrogen) atoms. The second-order valence-electron chi connectivity index (χ2n) is 5.58. The quantitative estimate of drug-likeness (QED) is 0.614. The molecule has 1 aromatic carbocycles. The predicted molar refractivity (Wildman–Crippen MR) is 93.6 cm³/mol. The number of rotatable bonds is 8. The SMILES string of the molecule is CNC(=O)NC(=O)C(C)OC(=O)CCCN(C)S(=O)(=O)c1ccc(F)cc1. The molecule has 0 radical (unpaired) electrons. The van der Waals surface area contributed by atoms with Gasteiger partial charge in [-0.3, -0.25) is 14.9 Å². The van der Waals surface area contributed by atoms with Crippen LogP contribution in [0.15, 0.2) is 29.2 Å². The molecule has 0 spiro atoms. The highest BCUT2D eigenvalue weighted by molar-refractivity contribution is 7.89. The number of hydrogen-bond donors (Lipinski definition) is 2. The summed E-state index contributed by atoms with van der Waals surface area (Å²) < 4.78 is 43.5. The van der Waals surface area contributed by atoms with Gasteiger partial charge >= 0.3 is 12.0 Å². The summed E-state index contributed by atoms with van der Waals surface area (Å²) in [6.45, 7) is 1.33. The summed E-state index contributed by atoms with van der Waals surface area (Å²) in [5.74, 6) is -2.03. The maximum absolute atomic E-state index is 12.9. The molecule has 1 unspecified atom stereocenters. The van der Waals surface area contributed by atoms with Crippen LogP contribution < -0.4 is 10.6 Å². The highest BCUT2D eigenvalue weighted by Crippen LogP contribution is 2.15. The number of hydrogen-bond acceptors (Lipinski definition) is 6. The van der Waals surface area contributed by atoms with Crippen LogP contribution in [0.2, 0.25) is 0 Å². The lowest BCUT2D eigenvalue weighted by atomic mass is 10.3.